The van der Waals surface area contributed by atoms with Crippen LogP contribution >= 0.6 is 0 Å². The third-order valence-electron chi connectivity index (χ3n) is 5.89. The Bertz CT molecular complexity index is 1320. The number of nitrogens with one attached hydrogen (secondary N) is 1. The van der Waals surface area contributed by atoms with Gasteiger partial charge in [0.05, 0.1) is 25.9 Å². The zero-order chi connectivity index (χ0) is 27.8. The van der Waals surface area contributed by atoms with Gasteiger partial charge in [-0.05, 0) is 42.7 Å². The van der Waals surface area contributed by atoms with Crippen molar-refractivity contribution in [2.45, 2.75) is 31.9 Å². The Morgan fingerprint density at radius 1 is 1.03 bits per heavy atom. The SMILES string of the molecule is COc1cc2c(c(OC)c1)C(c1cccc(OC(F)(F)F)c1)N(C(=O)Nc1cc(C)oc1C(F)(F)F)CC2. The highest BCUT2D eigenvalue weighted by atomic mass is 19.4. The highest BCUT2D eigenvalue weighted by molar-refractivity contribution is 5.91. The molecule has 204 valence electrons. The second-order valence-corrected chi connectivity index (χ2v) is 8.40. The number of benzene rings is 2. The third kappa shape index (κ3) is 5.60. The summed E-state index contributed by atoms with van der Waals surface area (Å²) in [5.41, 5.74) is 0.761. The molecule has 4 rings (SSSR count). The fourth-order valence-corrected chi connectivity index (χ4v) is 4.44. The smallest absolute Gasteiger partial charge is 0.497 e. The van der Waals surface area contributed by atoms with Crippen LogP contribution in [0.25, 0.3) is 0 Å². The minimum Gasteiger partial charge on any atom is -0.497 e. The van der Waals surface area contributed by atoms with Crippen LogP contribution in [0.4, 0.5) is 36.8 Å². The Hall–Kier alpha value is -4.03. The summed E-state index contributed by atoms with van der Waals surface area (Å²) in [7, 11) is 2.82. The van der Waals surface area contributed by atoms with E-state index < -0.39 is 41.8 Å². The Morgan fingerprint density at radius 2 is 1.76 bits per heavy atom. The molecule has 13 heteroatoms. The Labute approximate surface area is 212 Å². The van der Waals surface area contributed by atoms with Crippen molar-refractivity contribution < 1.29 is 49.8 Å². The van der Waals surface area contributed by atoms with Crippen LogP contribution in [0, 0.1) is 6.92 Å². The van der Waals surface area contributed by atoms with E-state index in [4.69, 9.17) is 13.9 Å². The first-order chi connectivity index (χ1) is 17.8. The quantitative estimate of drug-likeness (QED) is 0.362. The van der Waals surface area contributed by atoms with Gasteiger partial charge in [-0.15, -0.1) is 13.2 Å². The van der Waals surface area contributed by atoms with Crippen LogP contribution in [-0.4, -0.2) is 38.1 Å². The Kier molecular flexibility index (Phi) is 7.13. The number of furan rings is 1. The number of carbonyl (C=O) groups excluding carboxylic acids is 1. The molecular weight excluding hydrogens is 522 g/mol. The maximum atomic E-state index is 13.5. The maximum absolute atomic E-state index is 13.5. The second kappa shape index (κ2) is 10.0. The molecule has 2 heterocycles. The minimum absolute atomic E-state index is 0.0162. The lowest BCUT2D eigenvalue weighted by atomic mass is 9.87. The summed E-state index contributed by atoms with van der Waals surface area (Å²) in [4.78, 5) is 14.6. The van der Waals surface area contributed by atoms with Crippen molar-refractivity contribution in [1.29, 1.82) is 0 Å². The normalized spacial score (nSPS) is 15.6. The van der Waals surface area contributed by atoms with Crippen molar-refractivity contribution in [1.82, 2.24) is 4.90 Å². The molecule has 0 bridgehead atoms. The number of rotatable bonds is 5. The van der Waals surface area contributed by atoms with Gasteiger partial charge in [0.2, 0.25) is 5.76 Å². The van der Waals surface area contributed by atoms with Crippen LogP contribution < -0.4 is 19.5 Å². The average Bonchev–Trinajstić information content (AvgIpc) is 3.21. The van der Waals surface area contributed by atoms with Gasteiger partial charge in [-0.1, -0.05) is 12.1 Å². The number of methoxy groups -OCH3 is 2. The van der Waals surface area contributed by atoms with E-state index in [9.17, 15) is 31.1 Å². The number of nitrogens with zero attached hydrogens (tertiary/aromatic N) is 1. The largest absolute Gasteiger partial charge is 0.573 e. The summed E-state index contributed by atoms with van der Waals surface area (Å²) in [5, 5.41) is 2.25. The van der Waals surface area contributed by atoms with Crippen molar-refractivity contribution in [3.05, 3.63) is 70.7 Å². The molecular formula is C25H22F6N2O5. The molecule has 1 aliphatic rings. The molecule has 38 heavy (non-hydrogen) atoms. The lowest BCUT2D eigenvalue weighted by Crippen LogP contribution is -2.43. The zero-order valence-electron chi connectivity index (χ0n) is 20.3. The molecule has 1 atom stereocenters. The van der Waals surface area contributed by atoms with Crippen LogP contribution in [0.5, 0.6) is 17.2 Å². The molecule has 0 spiro atoms. The Balaban J connectivity index is 1.81. The first kappa shape index (κ1) is 27.0. The molecule has 1 N–H and O–H groups in total. The summed E-state index contributed by atoms with van der Waals surface area (Å²) < 4.78 is 98.7. The number of aryl methyl sites for hydroxylation is 1. The molecule has 0 saturated heterocycles. The Morgan fingerprint density at radius 3 is 2.39 bits per heavy atom. The molecule has 0 aliphatic carbocycles. The second-order valence-electron chi connectivity index (χ2n) is 8.40. The topological polar surface area (TPSA) is 73.2 Å². The van der Waals surface area contributed by atoms with Crippen LogP contribution in [-0.2, 0) is 12.6 Å². The molecule has 0 fully saturated rings. The average molecular weight is 544 g/mol. The standard InChI is InChI=1S/C25H22F6N2O5/c1-13-9-18(22(37-13)24(26,27)28)32-23(34)33-8-7-14-10-17(35-2)12-19(36-3)20(14)21(33)15-5-4-6-16(11-15)38-25(29,30)31/h4-6,9-12,21H,7-8H2,1-3H3,(H,32,34). The van der Waals surface area contributed by atoms with Gasteiger partial charge < -0.3 is 28.8 Å². The molecule has 0 radical (unpaired) electrons. The van der Waals surface area contributed by atoms with Crippen LogP contribution in [0.3, 0.4) is 0 Å². The molecule has 1 aromatic heterocycles. The number of alkyl halides is 6. The summed E-state index contributed by atoms with van der Waals surface area (Å²) in [5.74, 6) is -1.24. The summed E-state index contributed by atoms with van der Waals surface area (Å²) in [6.07, 6.45) is -9.56. The first-order valence-corrected chi connectivity index (χ1v) is 11.2. The molecule has 0 saturated carbocycles. The van der Waals surface area contributed by atoms with Gasteiger partial charge in [0.25, 0.3) is 0 Å². The molecule has 2 aromatic carbocycles. The van der Waals surface area contributed by atoms with E-state index in [2.05, 4.69) is 10.1 Å². The summed E-state index contributed by atoms with van der Waals surface area (Å²) in [6.45, 7) is 1.32. The molecule has 7 nitrogen and oxygen atoms in total. The van der Waals surface area contributed by atoms with Crippen molar-refractivity contribution in [3.8, 4) is 17.2 Å². The molecule has 1 unspecified atom stereocenters. The third-order valence-corrected chi connectivity index (χ3v) is 5.89. The van der Waals surface area contributed by atoms with E-state index >= 15 is 0 Å². The minimum atomic E-state index is -4.96. The van der Waals surface area contributed by atoms with Gasteiger partial charge in [-0.2, -0.15) is 13.2 Å². The zero-order valence-corrected chi connectivity index (χ0v) is 20.3. The van der Waals surface area contributed by atoms with E-state index in [-0.39, 0.29) is 30.0 Å². The van der Waals surface area contributed by atoms with Crippen LogP contribution in [0.15, 0.2) is 46.9 Å². The van der Waals surface area contributed by atoms with Crippen LogP contribution in [0.1, 0.15) is 34.3 Å². The van der Waals surface area contributed by atoms with Gasteiger partial charge >= 0.3 is 18.6 Å². The first-order valence-electron chi connectivity index (χ1n) is 11.2. The number of halogens is 6. The number of hydrogen-bond acceptors (Lipinski definition) is 5. The highest BCUT2D eigenvalue weighted by Crippen LogP contribution is 2.44. The van der Waals surface area contributed by atoms with E-state index in [1.807, 2.05) is 0 Å². The van der Waals surface area contributed by atoms with E-state index in [1.54, 1.807) is 12.1 Å². The number of ether oxygens (including phenoxy) is 3. The highest BCUT2D eigenvalue weighted by Gasteiger charge is 2.41. The van der Waals surface area contributed by atoms with Gasteiger partial charge in [-0.25, -0.2) is 4.79 Å². The predicted octanol–water partition coefficient (Wildman–Crippen LogP) is 6.70. The fourth-order valence-electron chi connectivity index (χ4n) is 4.44. The van der Waals surface area contributed by atoms with Crippen molar-refractivity contribution in [2.75, 3.05) is 26.1 Å². The van der Waals surface area contributed by atoms with Crippen molar-refractivity contribution >= 4 is 11.7 Å². The lowest BCUT2D eigenvalue weighted by molar-refractivity contribution is -0.274. The maximum Gasteiger partial charge on any atom is 0.573 e. The van der Waals surface area contributed by atoms with E-state index in [1.165, 1.54) is 38.2 Å². The van der Waals surface area contributed by atoms with Gasteiger partial charge in [0, 0.05) is 24.2 Å². The number of fused-ring (bicyclic) bond motifs is 1. The van der Waals surface area contributed by atoms with Crippen molar-refractivity contribution in [2.24, 2.45) is 0 Å². The van der Waals surface area contributed by atoms with Gasteiger partial charge in [0.15, 0.2) is 0 Å². The number of amides is 2. The fraction of sp³-hybridized carbons (Fsp3) is 0.320. The number of carbonyl (C=O) groups is 1. The van der Waals surface area contributed by atoms with E-state index in [0.717, 1.165) is 18.2 Å². The summed E-state index contributed by atoms with van der Waals surface area (Å²) in [6, 6.07) is 7.33. The molecule has 1 aliphatic heterocycles. The monoisotopic (exact) mass is 544 g/mol. The number of anilines is 1. The molecule has 3 aromatic rings. The summed E-state index contributed by atoms with van der Waals surface area (Å²) >= 11 is 0. The lowest BCUT2D eigenvalue weighted by Gasteiger charge is -2.38. The predicted molar refractivity (Wildman–Crippen MR) is 122 cm³/mol. The van der Waals surface area contributed by atoms with Crippen molar-refractivity contribution in [3.63, 3.8) is 0 Å². The van der Waals surface area contributed by atoms with Crippen LogP contribution in [0.2, 0.25) is 0 Å². The van der Waals surface area contributed by atoms with Gasteiger partial charge in [0.1, 0.15) is 23.0 Å². The van der Waals surface area contributed by atoms with E-state index in [0.29, 0.717) is 16.9 Å². The molecule has 2 amide bonds. The number of hydrogen-bond donors (Lipinski definition) is 1. The number of urea groups is 1. The van der Waals surface area contributed by atoms with Gasteiger partial charge in [-0.3, -0.25) is 0 Å².